The molecule has 6 nitrogen and oxygen atoms in total. The minimum absolute atomic E-state index is 0.124. The Labute approximate surface area is 175 Å². The summed E-state index contributed by atoms with van der Waals surface area (Å²) < 4.78 is 5.46. The number of benzene rings is 1. The highest BCUT2D eigenvalue weighted by atomic mass is 16.5. The topological polar surface area (TPSA) is 72.4 Å². The molecule has 1 amide bonds. The largest absolute Gasteiger partial charge is 0.452 e. The summed E-state index contributed by atoms with van der Waals surface area (Å²) in [4.78, 5) is 36.3. The van der Waals surface area contributed by atoms with Crippen LogP contribution < -0.4 is 0 Å². The van der Waals surface area contributed by atoms with E-state index in [1.165, 1.54) is 0 Å². The van der Waals surface area contributed by atoms with Gasteiger partial charge < -0.3 is 9.64 Å². The van der Waals surface area contributed by atoms with Crippen molar-refractivity contribution in [3.63, 3.8) is 0 Å². The minimum Gasteiger partial charge on any atom is -0.452 e. The van der Waals surface area contributed by atoms with Crippen molar-refractivity contribution in [2.45, 2.75) is 38.6 Å². The number of hydrogen-bond donors (Lipinski definition) is 0. The molecule has 1 saturated heterocycles. The summed E-state index contributed by atoms with van der Waals surface area (Å²) >= 11 is 0. The molecule has 1 atom stereocenters. The van der Waals surface area contributed by atoms with Crippen molar-refractivity contribution >= 4 is 22.8 Å². The lowest BCUT2D eigenvalue weighted by Gasteiger charge is -2.35. The molecule has 1 unspecified atom stereocenters. The number of nitrogens with zero attached hydrogens (tertiary/aromatic N) is 3. The van der Waals surface area contributed by atoms with Gasteiger partial charge in [0.15, 0.2) is 6.61 Å². The molecule has 0 bridgehead atoms. The molecule has 1 fully saturated rings. The Hall–Kier alpha value is -3.28. The maximum Gasteiger partial charge on any atom is 0.339 e. The highest BCUT2D eigenvalue weighted by molar-refractivity contribution is 6.05. The van der Waals surface area contributed by atoms with Gasteiger partial charge in [0.25, 0.3) is 5.91 Å². The maximum absolute atomic E-state index is 12.9. The molecule has 30 heavy (non-hydrogen) atoms. The summed E-state index contributed by atoms with van der Waals surface area (Å²) in [5.74, 6) is -0.641. The molecule has 0 saturated carbocycles. The van der Waals surface area contributed by atoms with Gasteiger partial charge >= 0.3 is 5.97 Å². The van der Waals surface area contributed by atoms with Crippen LogP contribution in [0.4, 0.5) is 0 Å². The van der Waals surface area contributed by atoms with Crippen LogP contribution in [0, 0.1) is 0 Å². The van der Waals surface area contributed by atoms with E-state index in [1.54, 1.807) is 18.5 Å². The van der Waals surface area contributed by atoms with Crippen molar-refractivity contribution in [1.29, 1.82) is 0 Å². The van der Waals surface area contributed by atoms with Crippen LogP contribution in [-0.2, 0) is 9.53 Å². The molecule has 4 rings (SSSR count). The SMILES string of the molecule is CCC1CCCCN1C(=O)COC(=O)c1cc(-c2cccnc2)nc2ccccc12. The number of likely N-dealkylation sites (tertiary alicyclic amines) is 1. The van der Waals surface area contributed by atoms with Gasteiger partial charge in [0.2, 0.25) is 0 Å². The first-order valence-electron chi connectivity index (χ1n) is 10.4. The molecule has 6 heteroatoms. The average Bonchev–Trinajstić information content (AvgIpc) is 2.82. The Kier molecular flexibility index (Phi) is 6.02. The lowest BCUT2D eigenvalue weighted by atomic mass is 10.00. The zero-order valence-corrected chi connectivity index (χ0v) is 17.1. The van der Waals surface area contributed by atoms with E-state index in [-0.39, 0.29) is 18.6 Å². The van der Waals surface area contributed by atoms with Crippen LogP contribution in [-0.4, -0.2) is 45.9 Å². The molecule has 154 valence electrons. The molecule has 0 radical (unpaired) electrons. The van der Waals surface area contributed by atoms with Crippen LogP contribution in [0.25, 0.3) is 22.2 Å². The lowest BCUT2D eigenvalue weighted by Crippen LogP contribution is -2.45. The number of ether oxygens (including phenoxy) is 1. The lowest BCUT2D eigenvalue weighted by molar-refractivity contribution is -0.138. The van der Waals surface area contributed by atoms with Crippen LogP contribution in [0.1, 0.15) is 43.0 Å². The van der Waals surface area contributed by atoms with Crippen molar-refractivity contribution in [2.24, 2.45) is 0 Å². The zero-order valence-electron chi connectivity index (χ0n) is 17.1. The first kappa shape index (κ1) is 20.0. The highest BCUT2D eigenvalue weighted by Crippen LogP contribution is 2.25. The Bertz CT molecular complexity index is 1050. The first-order chi connectivity index (χ1) is 14.7. The second kappa shape index (κ2) is 9.03. The highest BCUT2D eigenvalue weighted by Gasteiger charge is 2.26. The van der Waals surface area contributed by atoms with Crippen molar-refractivity contribution in [3.05, 3.63) is 60.4 Å². The number of aromatic nitrogens is 2. The normalized spacial score (nSPS) is 16.4. The third-order valence-electron chi connectivity index (χ3n) is 5.64. The molecule has 2 aromatic heterocycles. The number of carbonyl (C=O) groups excluding carboxylic acids is 2. The van der Waals surface area contributed by atoms with Crippen LogP contribution in [0.5, 0.6) is 0 Å². The van der Waals surface area contributed by atoms with Gasteiger partial charge in [-0.2, -0.15) is 0 Å². The molecule has 1 aromatic carbocycles. The maximum atomic E-state index is 12.9. The Morgan fingerprint density at radius 3 is 2.83 bits per heavy atom. The monoisotopic (exact) mass is 403 g/mol. The molecule has 3 aromatic rings. The Morgan fingerprint density at radius 1 is 1.17 bits per heavy atom. The number of rotatable bonds is 5. The van der Waals surface area contributed by atoms with Crippen LogP contribution in [0.3, 0.4) is 0 Å². The summed E-state index contributed by atoms with van der Waals surface area (Å²) in [5.41, 5.74) is 2.55. The van der Waals surface area contributed by atoms with Gasteiger partial charge in [-0.3, -0.25) is 9.78 Å². The summed E-state index contributed by atoms with van der Waals surface area (Å²) in [6, 6.07) is 13.1. The molecule has 0 aliphatic carbocycles. The molecule has 3 heterocycles. The number of carbonyl (C=O) groups is 2. The third kappa shape index (κ3) is 4.17. The average molecular weight is 403 g/mol. The fourth-order valence-corrected chi connectivity index (χ4v) is 4.05. The van der Waals surface area contributed by atoms with E-state index in [2.05, 4.69) is 16.9 Å². The number of para-hydroxylation sites is 1. The van der Waals surface area contributed by atoms with Crippen LogP contribution in [0.2, 0.25) is 0 Å². The molecular weight excluding hydrogens is 378 g/mol. The number of fused-ring (bicyclic) bond motifs is 1. The Morgan fingerprint density at radius 2 is 2.03 bits per heavy atom. The summed E-state index contributed by atoms with van der Waals surface area (Å²) in [6.45, 7) is 2.58. The van der Waals surface area contributed by atoms with E-state index in [0.717, 1.165) is 37.8 Å². The number of hydrogen-bond acceptors (Lipinski definition) is 5. The predicted molar refractivity (Wildman–Crippen MR) is 115 cm³/mol. The first-order valence-corrected chi connectivity index (χ1v) is 10.4. The zero-order chi connectivity index (χ0) is 20.9. The van der Waals surface area contributed by atoms with E-state index in [9.17, 15) is 9.59 Å². The second-order valence-corrected chi connectivity index (χ2v) is 7.54. The van der Waals surface area contributed by atoms with Crippen molar-refractivity contribution in [3.8, 4) is 11.3 Å². The fourth-order valence-electron chi connectivity index (χ4n) is 4.05. The molecule has 0 N–H and O–H groups in total. The summed E-state index contributed by atoms with van der Waals surface area (Å²) in [5, 5.41) is 0.701. The van der Waals surface area contributed by atoms with Crippen molar-refractivity contribution in [2.75, 3.05) is 13.2 Å². The molecular formula is C24H25N3O3. The minimum atomic E-state index is -0.517. The smallest absolute Gasteiger partial charge is 0.339 e. The van der Waals surface area contributed by atoms with E-state index in [1.807, 2.05) is 41.3 Å². The fraction of sp³-hybridized carbons (Fsp3) is 0.333. The van der Waals surface area contributed by atoms with E-state index < -0.39 is 5.97 Å². The third-order valence-corrected chi connectivity index (χ3v) is 5.64. The van der Waals surface area contributed by atoms with Gasteiger partial charge in [-0.05, 0) is 49.9 Å². The van der Waals surface area contributed by atoms with Gasteiger partial charge in [0.1, 0.15) is 0 Å². The van der Waals surface area contributed by atoms with Gasteiger partial charge in [0, 0.05) is 35.9 Å². The van der Waals surface area contributed by atoms with E-state index in [0.29, 0.717) is 22.2 Å². The molecule has 1 aliphatic heterocycles. The van der Waals surface area contributed by atoms with E-state index in [4.69, 9.17) is 4.74 Å². The number of piperidine rings is 1. The number of amides is 1. The number of pyridine rings is 2. The molecule has 0 spiro atoms. The number of esters is 1. The standard InChI is InChI=1S/C24H25N3O3/c1-2-18-9-5-6-13-27(18)23(28)16-30-24(29)20-14-22(17-8-7-12-25-15-17)26-21-11-4-3-10-19(20)21/h3-4,7-8,10-12,14-15,18H,2,5-6,9,13,16H2,1H3. The van der Waals surface area contributed by atoms with Crippen molar-refractivity contribution < 1.29 is 14.3 Å². The van der Waals surface area contributed by atoms with Gasteiger partial charge in [-0.15, -0.1) is 0 Å². The quantitative estimate of drug-likeness (QED) is 0.596. The van der Waals surface area contributed by atoms with E-state index >= 15 is 0 Å². The summed E-state index contributed by atoms with van der Waals surface area (Å²) in [7, 11) is 0. The van der Waals surface area contributed by atoms with Gasteiger partial charge in [0.05, 0.1) is 16.8 Å². The Balaban J connectivity index is 1.57. The van der Waals surface area contributed by atoms with Crippen LogP contribution in [0.15, 0.2) is 54.9 Å². The van der Waals surface area contributed by atoms with Crippen LogP contribution >= 0.6 is 0 Å². The van der Waals surface area contributed by atoms with Gasteiger partial charge in [-0.1, -0.05) is 25.1 Å². The second-order valence-electron chi connectivity index (χ2n) is 7.54. The van der Waals surface area contributed by atoms with Crippen molar-refractivity contribution in [1.82, 2.24) is 14.9 Å². The summed E-state index contributed by atoms with van der Waals surface area (Å²) in [6.07, 6.45) is 7.47. The van der Waals surface area contributed by atoms with Gasteiger partial charge in [-0.25, -0.2) is 9.78 Å². The predicted octanol–water partition coefficient (Wildman–Crippen LogP) is 4.24. The molecule has 1 aliphatic rings.